The number of carbonyl (C=O) groups is 1. The molecule has 2 aromatic rings. The number of nitrogens with two attached hydrogens (primary N) is 1. The maximum absolute atomic E-state index is 12.7. The van der Waals surface area contributed by atoms with E-state index in [0.717, 1.165) is 0 Å². The third-order valence-electron chi connectivity index (χ3n) is 3.66. The Hall–Kier alpha value is -1.89. The van der Waals surface area contributed by atoms with Crippen molar-refractivity contribution in [2.75, 3.05) is 0 Å². The minimum Gasteiger partial charge on any atom is -0.368 e. The van der Waals surface area contributed by atoms with Crippen LogP contribution in [0.5, 0.6) is 0 Å². The fourth-order valence-electron chi connectivity index (χ4n) is 2.36. The fraction of sp³-hybridized carbons (Fsp3) is 0.333. The second-order valence-corrected chi connectivity index (χ2v) is 7.07. The predicted molar refractivity (Wildman–Crippen MR) is 69.1 cm³/mol. The van der Waals surface area contributed by atoms with E-state index in [-0.39, 0.29) is 4.90 Å². The largest absolute Gasteiger partial charge is 0.368 e. The first kappa shape index (κ1) is 12.2. The molecule has 0 unspecified atom stereocenters. The van der Waals surface area contributed by atoms with Gasteiger partial charge in [-0.05, 0) is 25.0 Å². The van der Waals surface area contributed by atoms with Crippen molar-refractivity contribution in [1.29, 1.82) is 0 Å². The molecule has 0 radical (unpaired) electrons. The summed E-state index contributed by atoms with van der Waals surface area (Å²) in [4.78, 5) is 15.7. The predicted octanol–water partition coefficient (Wildman–Crippen LogP) is 0.365. The Morgan fingerprint density at radius 1 is 1.42 bits per heavy atom. The molecule has 2 N–H and O–H groups in total. The Bertz CT molecular complexity index is 788. The summed E-state index contributed by atoms with van der Waals surface area (Å²) in [5.74, 6) is -0.772. The third-order valence-corrected chi connectivity index (χ3v) is 6.20. The number of amides is 1. The van der Waals surface area contributed by atoms with E-state index in [4.69, 9.17) is 5.73 Å². The van der Waals surface area contributed by atoms with Crippen LogP contribution in [0.3, 0.4) is 0 Å². The van der Waals surface area contributed by atoms with Crippen molar-refractivity contribution in [3.63, 3.8) is 0 Å². The molecule has 100 valence electrons. The Labute approximate surface area is 110 Å². The number of sulfone groups is 1. The zero-order valence-corrected chi connectivity index (χ0v) is 11.1. The lowest BCUT2D eigenvalue weighted by Crippen LogP contribution is -2.38. The molecule has 0 spiro atoms. The topological polar surface area (TPSA) is 95.1 Å². The molecular formula is C12H13N3O3S. The number of rotatable bonds is 3. The summed E-state index contributed by atoms with van der Waals surface area (Å²) < 4.78 is 25.6. The molecule has 1 aromatic heterocycles. The number of hydrogen-bond acceptors (Lipinski definition) is 4. The van der Waals surface area contributed by atoms with Crippen LogP contribution in [0.4, 0.5) is 0 Å². The van der Waals surface area contributed by atoms with Crippen LogP contribution >= 0.6 is 0 Å². The molecular weight excluding hydrogens is 266 g/mol. The van der Waals surface area contributed by atoms with E-state index in [9.17, 15) is 13.2 Å². The Morgan fingerprint density at radius 2 is 2.11 bits per heavy atom. The van der Waals surface area contributed by atoms with Gasteiger partial charge in [-0.2, -0.15) is 0 Å². The van der Waals surface area contributed by atoms with E-state index in [1.165, 1.54) is 6.07 Å². The van der Waals surface area contributed by atoms with Crippen LogP contribution in [0.25, 0.3) is 11.0 Å². The number of imidazole rings is 1. The summed E-state index contributed by atoms with van der Waals surface area (Å²) in [6.45, 7) is 0. The summed E-state index contributed by atoms with van der Waals surface area (Å²) in [5.41, 5.74) is 6.37. The van der Waals surface area contributed by atoms with Gasteiger partial charge in [-0.3, -0.25) is 4.79 Å². The highest BCUT2D eigenvalue weighted by molar-refractivity contribution is 7.94. The first-order valence-corrected chi connectivity index (χ1v) is 7.33. The number of fused-ring (bicyclic) bond motifs is 1. The van der Waals surface area contributed by atoms with E-state index >= 15 is 0 Å². The molecule has 19 heavy (non-hydrogen) atoms. The molecule has 1 amide bonds. The SMILES string of the molecule is Cn1cnc2cccc(S(=O)(=O)C3(C(N)=O)CC3)c21. The molecule has 1 aromatic carbocycles. The van der Waals surface area contributed by atoms with Crippen molar-refractivity contribution >= 4 is 26.8 Å². The quantitative estimate of drug-likeness (QED) is 0.877. The summed E-state index contributed by atoms with van der Waals surface area (Å²) in [5, 5.41) is 0. The van der Waals surface area contributed by atoms with Crippen molar-refractivity contribution < 1.29 is 13.2 Å². The zero-order valence-electron chi connectivity index (χ0n) is 10.3. The highest BCUT2D eigenvalue weighted by Gasteiger charge is 2.60. The lowest BCUT2D eigenvalue weighted by Gasteiger charge is -2.13. The molecule has 1 fully saturated rings. The molecule has 7 heteroatoms. The summed E-state index contributed by atoms with van der Waals surface area (Å²) >= 11 is 0. The van der Waals surface area contributed by atoms with E-state index in [1.54, 1.807) is 30.1 Å². The third kappa shape index (κ3) is 1.45. The smallest absolute Gasteiger partial charge is 0.239 e. The molecule has 1 aliphatic carbocycles. The van der Waals surface area contributed by atoms with Gasteiger partial charge in [0.2, 0.25) is 5.91 Å². The Balaban J connectivity index is 2.31. The number of carbonyl (C=O) groups excluding carboxylic acids is 1. The van der Waals surface area contributed by atoms with Gasteiger partial charge >= 0.3 is 0 Å². The van der Waals surface area contributed by atoms with Gasteiger partial charge in [0.15, 0.2) is 14.6 Å². The number of nitrogens with zero attached hydrogens (tertiary/aromatic N) is 2. The molecule has 1 heterocycles. The molecule has 6 nitrogen and oxygen atoms in total. The number of benzene rings is 1. The van der Waals surface area contributed by atoms with Gasteiger partial charge < -0.3 is 10.3 Å². The first-order valence-electron chi connectivity index (χ1n) is 5.85. The van der Waals surface area contributed by atoms with Gasteiger partial charge in [0.1, 0.15) is 0 Å². The summed E-state index contributed by atoms with van der Waals surface area (Å²) in [6, 6.07) is 4.86. The fourth-order valence-corrected chi connectivity index (χ4v) is 4.45. The van der Waals surface area contributed by atoms with Gasteiger partial charge in [-0.15, -0.1) is 0 Å². The van der Waals surface area contributed by atoms with Crippen LogP contribution in [0.1, 0.15) is 12.8 Å². The van der Waals surface area contributed by atoms with Crippen molar-refractivity contribution in [3.05, 3.63) is 24.5 Å². The maximum atomic E-state index is 12.7. The zero-order chi connectivity index (χ0) is 13.8. The maximum Gasteiger partial charge on any atom is 0.239 e. The summed E-state index contributed by atoms with van der Waals surface area (Å²) in [6.07, 6.45) is 2.13. The lowest BCUT2D eigenvalue weighted by molar-refractivity contribution is -0.118. The van der Waals surface area contributed by atoms with Crippen LogP contribution in [-0.2, 0) is 21.7 Å². The first-order chi connectivity index (χ1) is 8.90. The molecule has 0 saturated heterocycles. The highest BCUT2D eigenvalue weighted by atomic mass is 32.2. The monoisotopic (exact) mass is 279 g/mol. The van der Waals surface area contributed by atoms with Gasteiger partial charge in [-0.25, -0.2) is 13.4 Å². The molecule has 1 aliphatic rings. The molecule has 1 saturated carbocycles. The number of aromatic nitrogens is 2. The van der Waals surface area contributed by atoms with Gasteiger partial charge in [0.25, 0.3) is 0 Å². The minimum absolute atomic E-state index is 0.126. The number of aryl methyl sites for hydroxylation is 1. The van der Waals surface area contributed by atoms with E-state index < -0.39 is 20.5 Å². The number of primary amides is 1. The van der Waals surface area contributed by atoms with Crippen LogP contribution in [0.15, 0.2) is 29.4 Å². The molecule has 0 bridgehead atoms. The van der Waals surface area contributed by atoms with Crippen LogP contribution in [0, 0.1) is 0 Å². The van der Waals surface area contributed by atoms with Crippen LogP contribution in [0.2, 0.25) is 0 Å². The second-order valence-electron chi connectivity index (χ2n) is 4.84. The van der Waals surface area contributed by atoms with E-state index in [0.29, 0.717) is 23.9 Å². The van der Waals surface area contributed by atoms with Crippen molar-refractivity contribution in [1.82, 2.24) is 9.55 Å². The Kier molecular flexibility index (Phi) is 2.28. The number of para-hydroxylation sites is 1. The van der Waals surface area contributed by atoms with Gasteiger partial charge in [0.05, 0.1) is 22.3 Å². The van der Waals surface area contributed by atoms with Crippen LogP contribution in [-0.4, -0.2) is 28.6 Å². The van der Waals surface area contributed by atoms with Crippen molar-refractivity contribution in [2.45, 2.75) is 22.5 Å². The average molecular weight is 279 g/mol. The van der Waals surface area contributed by atoms with Gasteiger partial charge in [-0.1, -0.05) is 6.07 Å². The highest BCUT2D eigenvalue weighted by Crippen LogP contribution is 2.47. The van der Waals surface area contributed by atoms with Crippen LogP contribution < -0.4 is 5.73 Å². The van der Waals surface area contributed by atoms with Crippen molar-refractivity contribution in [3.8, 4) is 0 Å². The van der Waals surface area contributed by atoms with E-state index in [2.05, 4.69) is 4.98 Å². The number of hydrogen-bond donors (Lipinski definition) is 1. The Morgan fingerprint density at radius 3 is 2.68 bits per heavy atom. The molecule has 0 atom stereocenters. The minimum atomic E-state index is -3.78. The normalized spacial score (nSPS) is 17.5. The standard InChI is InChI=1S/C12H13N3O3S/c1-15-7-14-8-3-2-4-9(10(8)15)19(17,18)12(5-6-12)11(13)16/h2-4,7H,5-6H2,1H3,(H2,13,16). The second kappa shape index (κ2) is 3.57. The lowest BCUT2D eigenvalue weighted by atomic mass is 10.3. The van der Waals surface area contributed by atoms with Crippen molar-refractivity contribution in [2.24, 2.45) is 12.8 Å². The molecule has 3 rings (SSSR count). The average Bonchev–Trinajstić information content (AvgIpc) is 3.11. The van der Waals surface area contributed by atoms with E-state index in [1.807, 2.05) is 0 Å². The molecule has 0 aliphatic heterocycles. The summed E-state index contributed by atoms with van der Waals surface area (Å²) in [7, 11) is -2.06. The van der Waals surface area contributed by atoms with Gasteiger partial charge in [0, 0.05) is 7.05 Å².